The monoisotopic (exact) mass is 549 g/mol. The maximum atomic E-state index is 13.2. The van der Waals surface area contributed by atoms with Crippen molar-refractivity contribution in [3.05, 3.63) is 68.7 Å². The van der Waals surface area contributed by atoms with Crippen LogP contribution >= 0.6 is 34.8 Å². The molecule has 3 heterocycles. The molecule has 0 aromatic heterocycles. The van der Waals surface area contributed by atoms with Crippen LogP contribution in [0.5, 0.6) is 0 Å². The molecule has 0 spiro atoms. The lowest BCUT2D eigenvalue weighted by atomic mass is 10.0. The van der Waals surface area contributed by atoms with E-state index in [-0.39, 0.29) is 34.4 Å². The van der Waals surface area contributed by atoms with Crippen molar-refractivity contribution in [1.82, 2.24) is 15.1 Å². The lowest BCUT2D eigenvalue weighted by molar-refractivity contribution is -0.125. The Morgan fingerprint density at radius 2 is 1.67 bits per heavy atom. The van der Waals surface area contributed by atoms with Crippen LogP contribution in [0, 0.1) is 17.8 Å². The van der Waals surface area contributed by atoms with Crippen LogP contribution in [0.3, 0.4) is 0 Å². The molecule has 2 amide bonds. The Bertz CT molecular complexity index is 1100. The van der Waals surface area contributed by atoms with Crippen molar-refractivity contribution in [2.45, 2.75) is 18.9 Å². The predicted molar refractivity (Wildman–Crippen MR) is 142 cm³/mol. The first-order chi connectivity index (χ1) is 17.4. The molecular weight excluding hydrogens is 521 g/mol. The number of rotatable bonds is 7. The quantitative estimate of drug-likeness (QED) is 0.497. The molecule has 0 saturated carbocycles. The molecule has 5 rings (SSSR count). The minimum atomic E-state index is -0.156. The maximum absolute atomic E-state index is 13.2. The molecule has 1 N–H and O–H groups in total. The largest absolute Gasteiger partial charge is 0.381 e. The van der Waals surface area contributed by atoms with Crippen LogP contribution in [0.1, 0.15) is 34.8 Å². The summed E-state index contributed by atoms with van der Waals surface area (Å²) in [4.78, 5) is 30.3. The lowest BCUT2D eigenvalue weighted by Crippen LogP contribution is -2.37. The van der Waals surface area contributed by atoms with Crippen LogP contribution in [0.4, 0.5) is 0 Å². The van der Waals surface area contributed by atoms with Crippen LogP contribution < -0.4 is 5.32 Å². The van der Waals surface area contributed by atoms with E-state index < -0.39 is 0 Å². The zero-order chi connectivity index (χ0) is 25.2. The Morgan fingerprint density at radius 1 is 0.972 bits per heavy atom. The number of likely N-dealkylation sites (tertiary alicyclic amines) is 2. The minimum Gasteiger partial charge on any atom is -0.381 e. The Morgan fingerprint density at radius 3 is 2.33 bits per heavy atom. The lowest BCUT2D eigenvalue weighted by Gasteiger charge is -2.26. The van der Waals surface area contributed by atoms with Crippen LogP contribution in [0.15, 0.2) is 42.5 Å². The van der Waals surface area contributed by atoms with Gasteiger partial charge < -0.3 is 19.9 Å². The summed E-state index contributed by atoms with van der Waals surface area (Å²) in [5.74, 6) is 0.674. The zero-order valence-electron chi connectivity index (χ0n) is 20.0. The Labute approximate surface area is 226 Å². The Balaban J connectivity index is 1.17. The van der Waals surface area contributed by atoms with Crippen molar-refractivity contribution in [2.24, 2.45) is 17.8 Å². The number of fused-ring (bicyclic) bond motifs is 1. The number of halogens is 3. The fraction of sp³-hybridized carbons (Fsp3) is 0.481. The van der Waals surface area contributed by atoms with Gasteiger partial charge in [0.1, 0.15) is 0 Å². The number of carbonyl (C=O) groups is 2. The van der Waals surface area contributed by atoms with Gasteiger partial charge in [-0.05, 0) is 42.4 Å². The van der Waals surface area contributed by atoms with Gasteiger partial charge in [-0.15, -0.1) is 0 Å². The number of hydrogen-bond donors (Lipinski definition) is 1. The van der Waals surface area contributed by atoms with Crippen molar-refractivity contribution < 1.29 is 14.3 Å². The molecule has 3 fully saturated rings. The molecule has 3 aliphatic heterocycles. The molecule has 9 heteroatoms. The second-order valence-corrected chi connectivity index (χ2v) is 11.2. The van der Waals surface area contributed by atoms with Gasteiger partial charge in [-0.2, -0.15) is 0 Å². The molecule has 3 aliphatic rings. The Kier molecular flexibility index (Phi) is 8.08. The highest BCUT2D eigenvalue weighted by Crippen LogP contribution is 2.36. The van der Waals surface area contributed by atoms with Crippen LogP contribution in [-0.4, -0.2) is 67.6 Å². The molecule has 36 heavy (non-hydrogen) atoms. The summed E-state index contributed by atoms with van der Waals surface area (Å²) in [7, 11) is 0. The highest BCUT2D eigenvalue weighted by Gasteiger charge is 2.42. The highest BCUT2D eigenvalue weighted by atomic mass is 35.5. The third-order valence-electron chi connectivity index (χ3n) is 7.66. The molecule has 4 atom stereocenters. The van der Waals surface area contributed by atoms with E-state index in [2.05, 4.69) is 22.3 Å². The molecule has 3 unspecified atom stereocenters. The summed E-state index contributed by atoms with van der Waals surface area (Å²) < 4.78 is 5.40. The molecule has 0 bridgehead atoms. The third-order valence-corrected chi connectivity index (χ3v) is 8.78. The summed E-state index contributed by atoms with van der Waals surface area (Å²) in [6.07, 6.45) is 1.61. The number of nitrogens with one attached hydrogen (secondary N) is 1. The van der Waals surface area contributed by atoms with Gasteiger partial charge in [-0.25, -0.2) is 0 Å². The molecule has 3 saturated heterocycles. The smallest absolute Gasteiger partial charge is 0.256 e. The number of carbonyl (C=O) groups excluding carboxylic acids is 2. The average Bonchev–Trinajstić information content (AvgIpc) is 3.62. The van der Waals surface area contributed by atoms with Crippen molar-refractivity contribution in [3.8, 4) is 0 Å². The first-order valence-electron chi connectivity index (χ1n) is 12.5. The minimum absolute atomic E-state index is 0.0371. The van der Waals surface area contributed by atoms with Gasteiger partial charge >= 0.3 is 0 Å². The number of benzene rings is 2. The van der Waals surface area contributed by atoms with Gasteiger partial charge in [0.25, 0.3) is 5.91 Å². The normalized spacial score (nSPS) is 24.6. The van der Waals surface area contributed by atoms with E-state index in [0.29, 0.717) is 48.2 Å². The van der Waals surface area contributed by atoms with Gasteiger partial charge in [-0.1, -0.05) is 65.1 Å². The topological polar surface area (TPSA) is 61.9 Å². The summed E-state index contributed by atoms with van der Waals surface area (Å²) in [5, 5.41) is 4.14. The first kappa shape index (κ1) is 25.8. The van der Waals surface area contributed by atoms with E-state index in [9.17, 15) is 9.59 Å². The molecule has 0 radical (unpaired) electrons. The van der Waals surface area contributed by atoms with E-state index in [1.165, 1.54) is 0 Å². The molecule has 6 nitrogen and oxygen atoms in total. The summed E-state index contributed by atoms with van der Waals surface area (Å²) in [6, 6.07) is 13.3. The fourth-order valence-electron chi connectivity index (χ4n) is 5.67. The van der Waals surface area contributed by atoms with Crippen LogP contribution in [-0.2, 0) is 9.53 Å². The van der Waals surface area contributed by atoms with Crippen LogP contribution in [0.25, 0.3) is 0 Å². The number of amides is 2. The second-order valence-electron chi connectivity index (χ2n) is 10.0. The second kappa shape index (κ2) is 11.3. The number of ether oxygens (including phenoxy) is 1. The SMILES string of the molecule is O=C(NC(CCN1CC2CN(C(=O)c3c(Cl)ccc(Cl)c3Cl)C[C@@H]2C1)c1ccccc1)C1CCOC1. The molecular formula is C27H30Cl3N3O3. The van der Waals surface area contributed by atoms with E-state index in [1.54, 1.807) is 12.1 Å². The number of nitrogens with zero attached hydrogens (tertiary/aromatic N) is 2. The van der Waals surface area contributed by atoms with Crippen molar-refractivity contribution in [1.29, 1.82) is 0 Å². The molecule has 2 aromatic rings. The van der Waals surface area contributed by atoms with Gasteiger partial charge in [0, 0.05) is 39.3 Å². The van der Waals surface area contributed by atoms with Crippen LogP contribution in [0.2, 0.25) is 15.1 Å². The summed E-state index contributed by atoms with van der Waals surface area (Å²) >= 11 is 18.7. The van der Waals surface area contributed by atoms with Crippen molar-refractivity contribution in [2.75, 3.05) is 45.9 Å². The van der Waals surface area contributed by atoms with Gasteiger partial charge in [0.05, 0.1) is 39.2 Å². The molecule has 2 aromatic carbocycles. The highest BCUT2D eigenvalue weighted by molar-refractivity contribution is 6.46. The number of hydrogen-bond acceptors (Lipinski definition) is 4. The molecule has 0 aliphatic carbocycles. The van der Waals surface area contributed by atoms with Gasteiger partial charge in [0.2, 0.25) is 5.91 Å². The summed E-state index contributed by atoms with van der Waals surface area (Å²) in [5.41, 5.74) is 1.41. The van der Waals surface area contributed by atoms with E-state index in [0.717, 1.165) is 38.0 Å². The standard InChI is InChI=1S/C27H30Cl3N3O3/c28-21-6-7-22(29)25(30)24(21)27(35)33-14-19-12-32(13-20(19)15-33)10-8-23(17-4-2-1-3-5-17)31-26(34)18-9-11-36-16-18/h1-7,18-20,23H,8-16H2,(H,31,34)/t18?,19-,20?,23?/m0/s1. The maximum Gasteiger partial charge on any atom is 0.256 e. The average molecular weight is 551 g/mol. The summed E-state index contributed by atoms with van der Waals surface area (Å²) in [6.45, 7) is 5.26. The fourth-order valence-corrected chi connectivity index (χ4v) is 6.36. The van der Waals surface area contributed by atoms with E-state index >= 15 is 0 Å². The van der Waals surface area contributed by atoms with Crippen molar-refractivity contribution in [3.63, 3.8) is 0 Å². The molecule has 192 valence electrons. The van der Waals surface area contributed by atoms with Gasteiger partial charge in [-0.3, -0.25) is 9.59 Å². The third kappa shape index (κ3) is 5.53. The first-order valence-corrected chi connectivity index (χ1v) is 13.6. The Hall–Kier alpha value is -1.83. The van der Waals surface area contributed by atoms with Crippen molar-refractivity contribution >= 4 is 46.6 Å². The van der Waals surface area contributed by atoms with Gasteiger partial charge in [0.15, 0.2) is 0 Å². The predicted octanol–water partition coefficient (Wildman–Crippen LogP) is 4.93. The van der Waals surface area contributed by atoms with E-state index in [1.807, 2.05) is 23.1 Å². The van der Waals surface area contributed by atoms with E-state index in [4.69, 9.17) is 39.5 Å². The zero-order valence-corrected chi connectivity index (χ0v) is 22.2.